The molecule has 0 aromatic carbocycles. The number of rotatable bonds is 8. The lowest BCUT2D eigenvalue weighted by Crippen LogP contribution is -2.31. The number of pyridine rings is 1. The molecule has 1 aliphatic heterocycles. The van der Waals surface area contributed by atoms with E-state index in [2.05, 4.69) is 23.3 Å². The van der Waals surface area contributed by atoms with Gasteiger partial charge in [0.15, 0.2) is 10.9 Å². The Hall–Kier alpha value is -1.59. The molecule has 2 aliphatic rings. The second-order valence-corrected chi connectivity index (χ2v) is 8.47. The smallest absolute Gasteiger partial charge is 0.222 e. The number of hydrogen-bond donors (Lipinski definition) is 1. The van der Waals surface area contributed by atoms with E-state index in [1.165, 1.54) is 25.7 Å². The molecular weight excluding hydrogens is 374 g/mol. The summed E-state index contributed by atoms with van der Waals surface area (Å²) in [6.07, 6.45) is 13.3. The molecule has 1 aliphatic carbocycles. The van der Waals surface area contributed by atoms with E-state index in [0.717, 1.165) is 24.9 Å². The first-order valence-electron chi connectivity index (χ1n) is 10.5. The molecule has 154 valence electrons. The van der Waals surface area contributed by atoms with Gasteiger partial charge in [-0.3, -0.25) is 4.79 Å². The molecule has 1 saturated heterocycles. The second kappa shape index (κ2) is 10.3. The molecule has 0 unspecified atom stereocenters. The number of nitrogens with zero attached hydrogens (tertiary/aromatic N) is 2. The fourth-order valence-corrected chi connectivity index (χ4v) is 4.11. The number of likely N-dealkylation sites (tertiary alicyclic amines) is 1. The van der Waals surface area contributed by atoms with E-state index < -0.39 is 0 Å². The van der Waals surface area contributed by atoms with Crippen LogP contribution < -0.4 is 10.1 Å². The van der Waals surface area contributed by atoms with Crippen LogP contribution in [0.3, 0.4) is 0 Å². The van der Waals surface area contributed by atoms with Crippen molar-refractivity contribution in [3.8, 4) is 5.75 Å². The standard InChI is InChI=1S/C22H32ClN3O2/c1-16(24-2)6-5-9-18-12-20(22(23)25-14-18)28-19-10-11-26(15-19)21(27)13-17-7-3-4-8-17/h5,9,12,14,16-17,19,24H,3-4,6-8,10-11,13,15H2,1-2H3/b9-5+/t16-,19+/m0/s1. The van der Waals surface area contributed by atoms with E-state index in [-0.39, 0.29) is 12.0 Å². The van der Waals surface area contributed by atoms with Gasteiger partial charge in [0.1, 0.15) is 6.10 Å². The van der Waals surface area contributed by atoms with Crippen LogP contribution in [0.15, 0.2) is 18.3 Å². The van der Waals surface area contributed by atoms with E-state index in [1.54, 1.807) is 6.20 Å². The zero-order chi connectivity index (χ0) is 19.9. The quantitative estimate of drug-likeness (QED) is 0.655. The molecular formula is C22H32ClN3O2. The highest BCUT2D eigenvalue weighted by atomic mass is 35.5. The van der Waals surface area contributed by atoms with Crippen molar-refractivity contribution in [1.29, 1.82) is 0 Å². The number of halogens is 1. The van der Waals surface area contributed by atoms with Gasteiger partial charge >= 0.3 is 0 Å². The first-order valence-corrected chi connectivity index (χ1v) is 10.9. The summed E-state index contributed by atoms with van der Waals surface area (Å²) < 4.78 is 6.11. The Labute approximate surface area is 173 Å². The number of ether oxygens (including phenoxy) is 1. The van der Waals surface area contributed by atoms with Crippen LogP contribution in [0.25, 0.3) is 6.08 Å². The van der Waals surface area contributed by atoms with Crippen molar-refractivity contribution in [2.75, 3.05) is 20.1 Å². The number of amides is 1. The molecule has 2 atom stereocenters. The Morgan fingerprint density at radius 1 is 1.43 bits per heavy atom. The van der Waals surface area contributed by atoms with E-state index in [0.29, 0.717) is 35.8 Å². The Morgan fingerprint density at radius 2 is 2.21 bits per heavy atom. The topological polar surface area (TPSA) is 54.5 Å². The maximum Gasteiger partial charge on any atom is 0.222 e. The van der Waals surface area contributed by atoms with E-state index >= 15 is 0 Å². The van der Waals surface area contributed by atoms with Crippen molar-refractivity contribution in [2.24, 2.45) is 5.92 Å². The number of carbonyl (C=O) groups excluding carboxylic acids is 1. The van der Waals surface area contributed by atoms with Crippen LogP contribution in [0.5, 0.6) is 5.75 Å². The molecule has 0 bridgehead atoms. The summed E-state index contributed by atoms with van der Waals surface area (Å²) in [4.78, 5) is 18.7. The summed E-state index contributed by atoms with van der Waals surface area (Å²) >= 11 is 6.24. The lowest BCUT2D eigenvalue weighted by Gasteiger charge is -2.19. The predicted molar refractivity (Wildman–Crippen MR) is 114 cm³/mol. The maximum atomic E-state index is 12.5. The number of aromatic nitrogens is 1. The van der Waals surface area contributed by atoms with E-state index in [4.69, 9.17) is 16.3 Å². The minimum Gasteiger partial charge on any atom is -0.485 e. The Bertz CT molecular complexity index is 688. The Kier molecular flexibility index (Phi) is 7.74. The van der Waals surface area contributed by atoms with Crippen molar-refractivity contribution in [2.45, 2.75) is 64.0 Å². The second-order valence-electron chi connectivity index (χ2n) is 8.11. The highest BCUT2D eigenvalue weighted by Gasteiger charge is 2.30. The molecule has 6 heteroatoms. The number of carbonyl (C=O) groups is 1. The minimum atomic E-state index is -0.0182. The summed E-state index contributed by atoms with van der Waals surface area (Å²) in [5.41, 5.74) is 0.967. The molecule has 5 nitrogen and oxygen atoms in total. The third-order valence-corrected chi connectivity index (χ3v) is 6.13. The van der Waals surface area contributed by atoms with Crippen LogP contribution >= 0.6 is 11.6 Å². The first-order chi connectivity index (χ1) is 13.5. The molecule has 2 heterocycles. The summed E-state index contributed by atoms with van der Waals surface area (Å²) in [5, 5.41) is 3.58. The van der Waals surface area contributed by atoms with Gasteiger partial charge in [-0.25, -0.2) is 4.98 Å². The van der Waals surface area contributed by atoms with E-state index in [9.17, 15) is 4.79 Å². The summed E-state index contributed by atoms with van der Waals surface area (Å²) in [5.74, 6) is 1.46. The monoisotopic (exact) mass is 405 g/mol. The number of nitrogens with one attached hydrogen (secondary N) is 1. The number of hydrogen-bond acceptors (Lipinski definition) is 4. The Balaban J connectivity index is 1.53. The molecule has 1 amide bonds. The van der Waals surface area contributed by atoms with Gasteiger partial charge in [-0.2, -0.15) is 0 Å². The summed E-state index contributed by atoms with van der Waals surface area (Å²) in [6.45, 7) is 3.54. The van der Waals surface area contributed by atoms with Gasteiger partial charge in [-0.15, -0.1) is 0 Å². The molecule has 0 radical (unpaired) electrons. The van der Waals surface area contributed by atoms with Gasteiger partial charge in [0.25, 0.3) is 0 Å². The largest absolute Gasteiger partial charge is 0.485 e. The molecule has 1 N–H and O–H groups in total. The molecule has 28 heavy (non-hydrogen) atoms. The Morgan fingerprint density at radius 3 is 2.96 bits per heavy atom. The normalized spacial score (nSPS) is 21.5. The van der Waals surface area contributed by atoms with Crippen LogP contribution in [0.1, 0.15) is 57.4 Å². The van der Waals surface area contributed by atoms with Crippen LogP contribution in [0.2, 0.25) is 5.15 Å². The van der Waals surface area contributed by atoms with Crippen molar-refractivity contribution in [1.82, 2.24) is 15.2 Å². The van der Waals surface area contributed by atoms with Crippen LogP contribution in [0, 0.1) is 5.92 Å². The highest BCUT2D eigenvalue weighted by Crippen LogP contribution is 2.30. The van der Waals surface area contributed by atoms with Gasteiger partial charge in [0.05, 0.1) is 6.54 Å². The fourth-order valence-electron chi connectivity index (χ4n) is 3.96. The SMILES string of the molecule is CN[C@@H](C)C/C=C/c1cnc(Cl)c(O[C@@H]2CCN(C(=O)CC3CCCC3)C2)c1. The van der Waals surface area contributed by atoms with E-state index in [1.807, 2.05) is 24.1 Å². The molecule has 1 aromatic rings. The van der Waals surface area contributed by atoms with Crippen molar-refractivity contribution in [3.05, 3.63) is 29.1 Å². The lowest BCUT2D eigenvalue weighted by atomic mass is 10.0. The van der Waals surface area contributed by atoms with Gasteiger partial charge < -0.3 is 15.0 Å². The molecule has 0 spiro atoms. The average molecular weight is 406 g/mol. The highest BCUT2D eigenvalue weighted by molar-refractivity contribution is 6.30. The average Bonchev–Trinajstić information content (AvgIpc) is 3.36. The third kappa shape index (κ3) is 5.95. The van der Waals surface area contributed by atoms with Crippen molar-refractivity contribution < 1.29 is 9.53 Å². The van der Waals surface area contributed by atoms with Crippen molar-refractivity contribution in [3.63, 3.8) is 0 Å². The summed E-state index contributed by atoms with van der Waals surface area (Å²) in [6, 6.07) is 2.36. The van der Waals surface area contributed by atoms with Gasteiger partial charge in [0.2, 0.25) is 5.91 Å². The van der Waals surface area contributed by atoms with Crippen LogP contribution in [0.4, 0.5) is 0 Å². The van der Waals surface area contributed by atoms with Gasteiger partial charge in [-0.05, 0) is 50.8 Å². The fraction of sp³-hybridized carbons (Fsp3) is 0.636. The summed E-state index contributed by atoms with van der Waals surface area (Å²) in [7, 11) is 1.96. The lowest BCUT2D eigenvalue weighted by molar-refractivity contribution is -0.131. The van der Waals surface area contributed by atoms with Crippen LogP contribution in [-0.2, 0) is 4.79 Å². The molecule has 1 saturated carbocycles. The minimum absolute atomic E-state index is 0.0182. The zero-order valence-electron chi connectivity index (χ0n) is 17.0. The third-order valence-electron chi connectivity index (χ3n) is 5.85. The zero-order valence-corrected chi connectivity index (χ0v) is 17.8. The predicted octanol–water partition coefficient (Wildman–Crippen LogP) is 4.31. The van der Waals surface area contributed by atoms with Gasteiger partial charge in [0, 0.05) is 31.6 Å². The molecule has 2 fully saturated rings. The van der Waals surface area contributed by atoms with Gasteiger partial charge in [-0.1, -0.05) is 36.6 Å². The molecule has 1 aromatic heterocycles. The first kappa shape index (κ1) is 21.1. The molecule has 3 rings (SSSR count). The van der Waals surface area contributed by atoms with Crippen LogP contribution in [-0.4, -0.2) is 48.1 Å². The maximum absolute atomic E-state index is 12.5. The van der Waals surface area contributed by atoms with Crippen molar-refractivity contribution >= 4 is 23.6 Å².